The van der Waals surface area contributed by atoms with E-state index in [1.54, 1.807) is 30.3 Å². The van der Waals surface area contributed by atoms with E-state index in [0.29, 0.717) is 11.1 Å². The fourth-order valence-electron chi connectivity index (χ4n) is 3.24. The summed E-state index contributed by atoms with van der Waals surface area (Å²) in [5, 5.41) is 20.5. The lowest BCUT2D eigenvalue weighted by molar-refractivity contribution is -0.140. The van der Waals surface area contributed by atoms with Crippen molar-refractivity contribution in [3.8, 4) is 0 Å². The van der Waals surface area contributed by atoms with Crippen molar-refractivity contribution in [3.63, 3.8) is 0 Å². The molecule has 1 saturated heterocycles. The van der Waals surface area contributed by atoms with Gasteiger partial charge in [0, 0.05) is 12.1 Å². The molecule has 0 radical (unpaired) electrons. The molecule has 1 aliphatic rings. The van der Waals surface area contributed by atoms with E-state index in [1.807, 2.05) is 6.92 Å². The van der Waals surface area contributed by atoms with Gasteiger partial charge in [-0.3, -0.25) is 9.59 Å². The summed E-state index contributed by atoms with van der Waals surface area (Å²) in [4.78, 5) is 26.4. The average molecular weight is 369 g/mol. The van der Waals surface area contributed by atoms with Gasteiger partial charge in [-0.05, 0) is 31.5 Å². The van der Waals surface area contributed by atoms with E-state index < -0.39 is 29.7 Å². The highest BCUT2D eigenvalue weighted by Crippen LogP contribution is 2.39. The van der Waals surface area contributed by atoms with Crippen LogP contribution in [0, 0.1) is 12.7 Å². The second kappa shape index (κ2) is 7.32. The lowest BCUT2D eigenvalue weighted by Crippen LogP contribution is -2.35. The van der Waals surface area contributed by atoms with Gasteiger partial charge in [-0.25, -0.2) is 4.39 Å². The third-order valence-electron chi connectivity index (χ3n) is 4.49. The number of Topliss-reactive ketones (excluding diaryl/α,β-unsaturated/α-hetero) is 1. The summed E-state index contributed by atoms with van der Waals surface area (Å²) in [6.07, 6.45) is -0.890. The SMILES string of the molecule is Cc1ccc(C(O)=C2C(=O)C(=O)N(CC(C)O)C2c2cccc(F)c2)cc1. The van der Waals surface area contributed by atoms with Crippen molar-refractivity contribution in [2.75, 3.05) is 6.54 Å². The highest BCUT2D eigenvalue weighted by molar-refractivity contribution is 6.46. The maximum absolute atomic E-state index is 13.8. The molecule has 2 aromatic rings. The normalized spacial score (nSPS) is 20.1. The topological polar surface area (TPSA) is 77.8 Å². The van der Waals surface area contributed by atoms with Crippen LogP contribution in [-0.2, 0) is 9.59 Å². The van der Waals surface area contributed by atoms with Crippen molar-refractivity contribution in [1.82, 2.24) is 4.90 Å². The van der Waals surface area contributed by atoms with E-state index in [0.717, 1.165) is 5.56 Å². The summed E-state index contributed by atoms with van der Waals surface area (Å²) in [5.74, 6) is -2.54. The number of benzene rings is 2. The standard InChI is InChI=1S/C21H20FNO4/c1-12-6-8-14(9-7-12)19(25)17-18(15-4-3-5-16(22)10-15)23(11-13(2)24)21(27)20(17)26/h3-10,13,18,24-25H,11H2,1-2H3. The van der Waals surface area contributed by atoms with Crippen molar-refractivity contribution < 1.29 is 24.2 Å². The van der Waals surface area contributed by atoms with Crippen molar-refractivity contribution in [2.24, 2.45) is 0 Å². The zero-order valence-corrected chi connectivity index (χ0v) is 15.0. The van der Waals surface area contributed by atoms with Crippen molar-refractivity contribution >= 4 is 17.4 Å². The van der Waals surface area contributed by atoms with Gasteiger partial charge in [-0.1, -0.05) is 42.0 Å². The third kappa shape index (κ3) is 3.61. The zero-order chi connectivity index (χ0) is 19.7. The molecular formula is C21H20FNO4. The monoisotopic (exact) mass is 369 g/mol. The Balaban J connectivity index is 2.19. The summed E-state index contributed by atoms with van der Waals surface area (Å²) in [6, 6.07) is 11.4. The molecule has 1 aliphatic heterocycles. The summed E-state index contributed by atoms with van der Waals surface area (Å²) in [7, 11) is 0. The fourth-order valence-corrected chi connectivity index (χ4v) is 3.24. The molecule has 0 bridgehead atoms. The van der Waals surface area contributed by atoms with Gasteiger partial charge >= 0.3 is 0 Å². The Morgan fingerprint density at radius 1 is 1.19 bits per heavy atom. The smallest absolute Gasteiger partial charge is 0.295 e. The fraction of sp³-hybridized carbons (Fsp3) is 0.238. The number of hydrogen-bond donors (Lipinski definition) is 2. The molecule has 2 unspecified atom stereocenters. The van der Waals surface area contributed by atoms with Crippen LogP contribution in [0.15, 0.2) is 54.1 Å². The molecule has 0 aromatic heterocycles. The van der Waals surface area contributed by atoms with E-state index in [2.05, 4.69) is 0 Å². The number of ketones is 1. The minimum atomic E-state index is -0.975. The first-order valence-electron chi connectivity index (χ1n) is 8.58. The number of aryl methyl sites for hydroxylation is 1. The summed E-state index contributed by atoms with van der Waals surface area (Å²) >= 11 is 0. The molecule has 1 heterocycles. The number of carbonyl (C=O) groups is 2. The average Bonchev–Trinajstić information content (AvgIpc) is 2.86. The second-order valence-electron chi connectivity index (χ2n) is 6.72. The van der Waals surface area contributed by atoms with Gasteiger partial charge in [-0.15, -0.1) is 0 Å². The van der Waals surface area contributed by atoms with Crippen molar-refractivity contribution in [1.29, 1.82) is 0 Å². The maximum atomic E-state index is 13.8. The second-order valence-corrected chi connectivity index (χ2v) is 6.72. The van der Waals surface area contributed by atoms with Gasteiger partial charge < -0.3 is 15.1 Å². The molecule has 1 fully saturated rings. The number of likely N-dealkylation sites (tertiary alicyclic amines) is 1. The first kappa shape index (κ1) is 18.8. The van der Waals surface area contributed by atoms with Gasteiger partial charge in [0.05, 0.1) is 17.7 Å². The summed E-state index contributed by atoms with van der Waals surface area (Å²) in [5.41, 5.74) is 1.60. The lowest BCUT2D eigenvalue weighted by Gasteiger charge is -2.26. The maximum Gasteiger partial charge on any atom is 0.295 e. The van der Waals surface area contributed by atoms with Gasteiger partial charge in [0.25, 0.3) is 11.7 Å². The number of rotatable bonds is 4. The minimum absolute atomic E-state index is 0.115. The predicted octanol–water partition coefficient (Wildman–Crippen LogP) is 2.94. The van der Waals surface area contributed by atoms with Crippen molar-refractivity contribution in [2.45, 2.75) is 26.0 Å². The van der Waals surface area contributed by atoms with E-state index in [9.17, 15) is 24.2 Å². The molecule has 2 aromatic carbocycles. The number of hydrogen-bond acceptors (Lipinski definition) is 4. The quantitative estimate of drug-likeness (QED) is 0.493. The predicted molar refractivity (Wildman–Crippen MR) is 98.3 cm³/mol. The first-order chi connectivity index (χ1) is 12.8. The number of aliphatic hydroxyl groups excluding tert-OH is 2. The molecular weight excluding hydrogens is 349 g/mol. The summed E-state index contributed by atoms with van der Waals surface area (Å²) < 4.78 is 13.8. The number of aliphatic hydroxyl groups is 2. The molecule has 2 N–H and O–H groups in total. The minimum Gasteiger partial charge on any atom is -0.507 e. The van der Waals surface area contributed by atoms with E-state index in [1.165, 1.54) is 30.0 Å². The largest absolute Gasteiger partial charge is 0.507 e. The molecule has 3 rings (SSSR count). The number of nitrogens with zero attached hydrogens (tertiary/aromatic N) is 1. The Bertz CT molecular complexity index is 918. The van der Waals surface area contributed by atoms with Crippen LogP contribution in [-0.4, -0.2) is 39.5 Å². The summed E-state index contributed by atoms with van der Waals surface area (Å²) in [6.45, 7) is 3.26. The van der Waals surface area contributed by atoms with Gasteiger partial charge in [-0.2, -0.15) is 0 Å². The zero-order valence-electron chi connectivity index (χ0n) is 15.0. The van der Waals surface area contributed by atoms with Gasteiger partial charge in [0.15, 0.2) is 0 Å². The van der Waals surface area contributed by atoms with Gasteiger partial charge in [0.2, 0.25) is 0 Å². The molecule has 140 valence electrons. The molecule has 0 aliphatic carbocycles. The van der Waals surface area contributed by atoms with Crippen LogP contribution in [0.3, 0.4) is 0 Å². The van der Waals surface area contributed by atoms with Crippen LogP contribution < -0.4 is 0 Å². The van der Waals surface area contributed by atoms with E-state index in [4.69, 9.17) is 0 Å². The van der Waals surface area contributed by atoms with Crippen LogP contribution in [0.5, 0.6) is 0 Å². The van der Waals surface area contributed by atoms with Crippen LogP contribution in [0.1, 0.15) is 29.7 Å². The highest BCUT2D eigenvalue weighted by Gasteiger charge is 2.46. The van der Waals surface area contributed by atoms with Crippen LogP contribution in [0.25, 0.3) is 5.76 Å². The van der Waals surface area contributed by atoms with Crippen LogP contribution >= 0.6 is 0 Å². The molecule has 27 heavy (non-hydrogen) atoms. The molecule has 5 nitrogen and oxygen atoms in total. The Kier molecular flexibility index (Phi) is 5.10. The Labute approximate surface area is 156 Å². The number of halogens is 1. The number of carbonyl (C=O) groups excluding carboxylic acids is 2. The first-order valence-corrected chi connectivity index (χ1v) is 8.58. The Morgan fingerprint density at radius 3 is 2.44 bits per heavy atom. The van der Waals surface area contributed by atoms with Crippen LogP contribution in [0.4, 0.5) is 4.39 Å². The van der Waals surface area contributed by atoms with E-state index in [-0.39, 0.29) is 17.9 Å². The highest BCUT2D eigenvalue weighted by atomic mass is 19.1. The third-order valence-corrected chi connectivity index (χ3v) is 4.49. The number of β-amino-alcohol motifs (C(OH)–C–C–N with tert-alkyl or cyclic N) is 1. The van der Waals surface area contributed by atoms with Crippen molar-refractivity contribution in [3.05, 3.63) is 76.6 Å². The molecule has 2 atom stereocenters. The Morgan fingerprint density at radius 2 is 1.85 bits per heavy atom. The van der Waals surface area contributed by atoms with Crippen LogP contribution in [0.2, 0.25) is 0 Å². The molecule has 1 amide bonds. The number of amides is 1. The molecule has 0 saturated carbocycles. The van der Waals surface area contributed by atoms with E-state index >= 15 is 0 Å². The lowest BCUT2D eigenvalue weighted by atomic mass is 9.95. The molecule has 6 heteroatoms. The van der Waals surface area contributed by atoms with Gasteiger partial charge in [0.1, 0.15) is 11.6 Å². The Hall–Kier alpha value is -2.99. The molecule has 0 spiro atoms.